The molecule has 0 radical (unpaired) electrons. The summed E-state index contributed by atoms with van der Waals surface area (Å²) in [7, 11) is -1.88. The summed E-state index contributed by atoms with van der Waals surface area (Å²) in [5.41, 5.74) is -0.235. The summed E-state index contributed by atoms with van der Waals surface area (Å²) in [6.07, 6.45) is 0. The average molecular weight is 342 g/mol. The van der Waals surface area contributed by atoms with Gasteiger partial charge in [0.2, 0.25) is 0 Å². The molecule has 0 atom stereocenters. The molecule has 0 saturated heterocycles. The van der Waals surface area contributed by atoms with Crippen LogP contribution in [0.2, 0.25) is 0 Å². The maximum atomic E-state index is 13.7. The Morgan fingerprint density at radius 2 is 2.00 bits per heavy atom. The van der Waals surface area contributed by atoms with Crippen LogP contribution in [0.15, 0.2) is 15.0 Å². The van der Waals surface area contributed by atoms with Gasteiger partial charge in [0.15, 0.2) is 11.6 Å². The Labute approximate surface area is 104 Å². The van der Waals surface area contributed by atoms with Gasteiger partial charge in [-0.1, -0.05) is 15.9 Å². The second-order valence-electron chi connectivity index (χ2n) is 2.70. The van der Waals surface area contributed by atoms with Crippen LogP contribution in [0.5, 0.6) is 5.75 Å². The van der Waals surface area contributed by atoms with E-state index in [2.05, 4.69) is 31.9 Å². The lowest BCUT2D eigenvalue weighted by Gasteiger charge is -2.12. The average Bonchev–Trinajstić information content (AvgIpc) is 2.11. The van der Waals surface area contributed by atoms with Crippen molar-refractivity contribution >= 4 is 44.4 Å². The van der Waals surface area contributed by atoms with Gasteiger partial charge in [0.1, 0.15) is 0 Å². The molecule has 0 saturated carbocycles. The van der Waals surface area contributed by atoms with E-state index in [0.717, 1.165) is 0 Å². The number of rotatable bonds is 3. The normalized spacial score (nSPS) is 10.3. The molecule has 3 nitrogen and oxygen atoms in total. The molecule has 82 valence electrons. The molecule has 0 unspecified atom stereocenters. The van der Waals surface area contributed by atoms with Gasteiger partial charge in [0, 0.05) is 9.94 Å². The van der Waals surface area contributed by atoms with E-state index in [-0.39, 0.29) is 22.3 Å². The highest BCUT2D eigenvalue weighted by Crippen LogP contribution is 2.30. The zero-order valence-corrected chi connectivity index (χ0v) is 11.0. The van der Waals surface area contributed by atoms with Gasteiger partial charge in [-0.05, 0) is 28.9 Å². The van der Waals surface area contributed by atoms with Crippen molar-refractivity contribution in [2.45, 2.75) is 6.92 Å². The molecule has 0 spiro atoms. The van der Waals surface area contributed by atoms with Crippen molar-refractivity contribution in [3.63, 3.8) is 0 Å². The van der Waals surface area contributed by atoms with Crippen molar-refractivity contribution in [1.82, 2.24) is 0 Å². The molecule has 2 N–H and O–H groups in total. The first-order valence-electron chi connectivity index (χ1n) is 4.15. The smallest absolute Gasteiger partial charge is 0.490 e. The van der Waals surface area contributed by atoms with E-state index in [4.69, 9.17) is 14.8 Å². The van der Waals surface area contributed by atoms with E-state index >= 15 is 0 Å². The maximum Gasteiger partial charge on any atom is 0.492 e. The lowest BCUT2D eigenvalue weighted by Crippen LogP contribution is -2.34. The first-order chi connectivity index (χ1) is 6.99. The first kappa shape index (κ1) is 13.0. The van der Waals surface area contributed by atoms with Gasteiger partial charge in [0.05, 0.1) is 11.1 Å². The Bertz CT molecular complexity index is 373. The molecule has 0 aliphatic heterocycles. The predicted octanol–water partition coefficient (Wildman–Crippen LogP) is 1.43. The molecule has 0 fully saturated rings. The molecule has 0 heterocycles. The van der Waals surface area contributed by atoms with Crippen LogP contribution >= 0.6 is 31.9 Å². The van der Waals surface area contributed by atoms with Gasteiger partial charge in [-0.2, -0.15) is 0 Å². The Morgan fingerprint density at radius 3 is 2.47 bits per heavy atom. The summed E-state index contributed by atoms with van der Waals surface area (Å²) in [6.45, 7) is 2.00. The molecule has 0 aromatic heterocycles. The van der Waals surface area contributed by atoms with Crippen molar-refractivity contribution in [2.24, 2.45) is 0 Å². The highest BCUT2D eigenvalue weighted by Gasteiger charge is 2.25. The Kier molecular flexibility index (Phi) is 4.57. The molecule has 15 heavy (non-hydrogen) atoms. The van der Waals surface area contributed by atoms with Crippen molar-refractivity contribution < 1.29 is 19.2 Å². The predicted molar refractivity (Wildman–Crippen MR) is 62.8 cm³/mol. The van der Waals surface area contributed by atoms with Crippen LogP contribution in [-0.4, -0.2) is 23.8 Å². The number of hydrogen-bond acceptors (Lipinski definition) is 3. The topological polar surface area (TPSA) is 49.7 Å². The maximum absolute atomic E-state index is 13.7. The molecular weight excluding hydrogens is 334 g/mol. The standard InChI is InChI=1S/C8H8BBr2FO3/c1-2-15-8-5(11)3-4(10)6(7(8)12)9(13)14/h3,13-14H,2H2,1H3. The molecule has 0 aliphatic carbocycles. The minimum absolute atomic E-state index is 0.0243. The molecule has 1 rings (SSSR count). The lowest BCUT2D eigenvalue weighted by atomic mass is 9.80. The van der Waals surface area contributed by atoms with Gasteiger partial charge in [-0.3, -0.25) is 0 Å². The molecule has 0 bridgehead atoms. The Morgan fingerprint density at radius 1 is 1.40 bits per heavy atom. The van der Waals surface area contributed by atoms with Crippen LogP contribution in [0.4, 0.5) is 4.39 Å². The summed E-state index contributed by atoms with van der Waals surface area (Å²) in [4.78, 5) is 0. The van der Waals surface area contributed by atoms with E-state index < -0.39 is 12.9 Å². The molecular formula is C8H8BBr2FO3. The quantitative estimate of drug-likeness (QED) is 0.818. The summed E-state index contributed by atoms with van der Waals surface area (Å²) in [5.74, 6) is -0.808. The lowest BCUT2D eigenvalue weighted by molar-refractivity contribution is 0.319. The van der Waals surface area contributed by atoms with Gasteiger partial charge in [-0.25, -0.2) is 4.39 Å². The van der Waals surface area contributed by atoms with Crippen LogP contribution in [0.25, 0.3) is 0 Å². The molecule has 0 aliphatic rings. The monoisotopic (exact) mass is 340 g/mol. The summed E-state index contributed by atoms with van der Waals surface area (Å²) in [6, 6.07) is 1.50. The molecule has 7 heteroatoms. The minimum Gasteiger partial charge on any atom is -0.490 e. The van der Waals surface area contributed by atoms with Crippen LogP contribution in [-0.2, 0) is 0 Å². The van der Waals surface area contributed by atoms with Crippen LogP contribution in [0.3, 0.4) is 0 Å². The highest BCUT2D eigenvalue weighted by molar-refractivity contribution is 9.11. The second kappa shape index (κ2) is 5.29. The van der Waals surface area contributed by atoms with E-state index in [1.54, 1.807) is 6.92 Å². The fourth-order valence-corrected chi connectivity index (χ4v) is 2.53. The summed E-state index contributed by atoms with van der Waals surface area (Å²) >= 11 is 6.16. The Balaban J connectivity index is 3.35. The minimum atomic E-state index is -1.88. The number of halogens is 3. The second-order valence-corrected chi connectivity index (χ2v) is 4.41. The Hall–Kier alpha value is -0.105. The number of hydrogen-bond donors (Lipinski definition) is 2. The first-order valence-corrected chi connectivity index (χ1v) is 5.74. The number of ether oxygens (including phenoxy) is 1. The van der Waals surface area contributed by atoms with Crippen molar-refractivity contribution in [3.8, 4) is 5.75 Å². The van der Waals surface area contributed by atoms with Crippen molar-refractivity contribution in [3.05, 3.63) is 20.8 Å². The zero-order chi connectivity index (χ0) is 11.6. The zero-order valence-electron chi connectivity index (χ0n) is 7.80. The van der Waals surface area contributed by atoms with Crippen LogP contribution in [0.1, 0.15) is 6.92 Å². The van der Waals surface area contributed by atoms with Gasteiger partial charge in [0.25, 0.3) is 0 Å². The summed E-state index contributed by atoms with van der Waals surface area (Å²) in [5, 5.41) is 18.0. The van der Waals surface area contributed by atoms with Gasteiger partial charge < -0.3 is 14.8 Å². The highest BCUT2D eigenvalue weighted by atomic mass is 79.9. The largest absolute Gasteiger partial charge is 0.492 e. The van der Waals surface area contributed by atoms with Gasteiger partial charge in [-0.15, -0.1) is 0 Å². The van der Waals surface area contributed by atoms with Crippen molar-refractivity contribution in [2.75, 3.05) is 6.61 Å². The fourth-order valence-electron chi connectivity index (χ4n) is 1.10. The molecule has 1 aromatic rings. The molecule has 1 aromatic carbocycles. The van der Waals surface area contributed by atoms with Crippen molar-refractivity contribution in [1.29, 1.82) is 0 Å². The fraction of sp³-hybridized carbons (Fsp3) is 0.250. The van der Waals surface area contributed by atoms with E-state index in [0.29, 0.717) is 4.47 Å². The van der Waals surface area contributed by atoms with E-state index in [9.17, 15) is 4.39 Å². The third kappa shape index (κ3) is 2.72. The summed E-state index contributed by atoms with van der Waals surface area (Å²) < 4.78 is 19.5. The van der Waals surface area contributed by atoms with Gasteiger partial charge >= 0.3 is 7.12 Å². The van der Waals surface area contributed by atoms with E-state index in [1.165, 1.54) is 6.07 Å². The third-order valence-corrected chi connectivity index (χ3v) is 2.96. The van der Waals surface area contributed by atoms with Crippen LogP contribution in [0, 0.1) is 5.82 Å². The number of benzene rings is 1. The third-order valence-electron chi connectivity index (χ3n) is 1.71. The molecule has 0 amide bonds. The SMILES string of the molecule is CCOc1c(Br)cc(Br)c(B(O)O)c1F. The van der Waals surface area contributed by atoms with E-state index in [1.807, 2.05) is 0 Å². The van der Waals surface area contributed by atoms with Crippen LogP contribution < -0.4 is 10.2 Å².